The van der Waals surface area contributed by atoms with Crippen LogP contribution in [0.2, 0.25) is 0 Å². The Labute approximate surface area is 169 Å². The molecule has 156 valence electrons. The van der Waals surface area contributed by atoms with Crippen LogP contribution in [0.3, 0.4) is 0 Å². The van der Waals surface area contributed by atoms with E-state index in [0.29, 0.717) is 11.7 Å². The van der Waals surface area contributed by atoms with Gasteiger partial charge in [-0.25, -0.2) is 4.39 Å². The summed E-state index contributed by atoms with van der Waals surface area (Å²) in [7, 11) is 0. The van der Waals surface area contributed by atoms with Crippen LogP contribution >= 0.6 is 0 Å². The van der Waals surface area contributed by atoms with Crippen molar-refractivity contribution in [1.29, 1.82) is 0 Å². The molecule has 0 spiro atoms. The normalized spacial score (nSPS) is 24.7. The Morgan fingerprint density at radius 1 is 0.966 bits per heavy atom. The Bertz CT molecular complexity index is 848. The Morgan fingerprint density at radius 2 is 1.66 bits per heavy atom. The van der Waals surface area contributed by atoms with Gasteiger partial charge in [0.05, 0.1) is 5.56 Å². The second-order valence-corrected chi connectivity index (χ2v) is 8.35. The number of ether oxygens (including phenoxy) is 1. The minimum atomic E-state index is -4.29. The molecule has 0 saturated heterocycles. The van der Waals surface area contributed by atoms with Gasteiger partial charge in [-0.3, -0.25) is 0 Å². The van der Waals surface area contributed by atoms with Crippen LogP contribution in [0, 0.1) is 11.7 Å². The maximum Gasteiger partial charge on any atom is 0.416 e. The number of hydrogen-bond donors (Lipinski definition) is 0. The summed E-state index contributed by atoms with van der Waals surface area (Å²) in [5.74, 6) is 0.818. The first-order chi connectivity index (χ1) is 13.8. The molecule has 2 aromatic carbocycles. The minimum absolute atomic E-state index is 0.0260. The van der Waals surface area contributed by atoms with Gasteiger partial charge in [0.25, 0.3) is 0 Å². The lowest BCUT2D eigenvalue weighted by molar-refractivity contribution is -0.137. The summed E-state index contributed by atoms with van der Waals surface area (Å²) in [6.45, 7) is 2.02. The number of aryl methyl sites for hydroxylation is 2. The van der Waals surface area contributed by atoms with Crippen molar-refractivity contribution in [2.75, 3.05) is 0 Å². The van der Waals surface area contributed by atoms with E-state index in [0.717, 1.165) is 61.6 Å². The van der Waals surface area contributed by atoms with Gasteiger partial charge in [-0.15, -0.1) is 0 Å². The zero-order valence-corrected chi connectivity index (χ0v) is 16.6. The smallest absolute Gasteiger partial charge is 0.416 e. The Hall–Kier alpha value is -2.04. The number of fused-ring (bicyclic) bond motifs is 1. The molecule has 1 fully saturated rings. The fourth-order valence-corrected chi connectivity index (χ4v) is 4.84. The van der Waals surface area contributed by atoms with E-state index in [1.165, 1.54) is 12.1 Å². The zero-order chi connectivity index (χ0) is 20.6. The zero-order valence-electron chi connectivity index (χ0n) is 16.6. The highest BCUT2D eigenvalue weighted by Gasteiger charge is 2.34. The van der Waals surface area contributed by atoms with Crippen LogP contribution in [0.4, 0.5) is 17.6 Å². The number of benzene rings is 2. The molecule has 1 aliphatic heterocycles. The Balaban J connectivity index is 1.38. The lowest BCUT2D eigenvalue weighted by Crippen LogP contribution is -2.33. The van der Waals surface area contributed by atoms with Gasteiger partial charge in [-0.2, -0.15) is 13.2 Å². The molecule has 2 aromatic rings. The molecule has 0 amide bonds. The average molecular weight is 406 g/mol. The molecule has 0 aromatic heterocycles. The van der Waals surface area contributed by atoms with E-state index in [2.05, 4.69) is 6.07 Å². The quantitative estimate of drug-likeness (QED) is 0.495. The van der Waals surface area contributed by atoms with Crippen LogP contribution in [-0.2, 0) is 19.0 Å². The Kier molecular flexibility index (Phi) is 5.58. The van der Waals surface area contributed by atoms with Crippen LogP contribution in [0.1, 0.15) is 67.2 Å². The van der Waals surface area contributed by atoms with Gasteiger partial charge in [-0.05, 0) is 91.7 Å². The van der Waals surface area contributed by atoms with E-state index < -0.39 is 11.7 Å². The number of halogens is 4. The highest BCUT2D eigenvalue weighted by Crippen LogP contribution is 2.42. The van der Waals surface area contributed by atoms with Gasteiger partial charge in [0.2, 0.25) is 0 Å². The topological polar surface area (TPSA) is 9.23 Å². The standard InChI is InChI=1S/C24H26F4O/c1-2-15-13-19-9-12-22(29-23(19)21(25)14-15)18-5-3-16(4-6-18)17-7-10-20(11-8-17)24(26,27)28/h7-8,10-11,13-14,16,18,22H,2-6,9,12H2,1H3. The van der Waals surface area contributed by atoms with Crippen molar-refractivity contribution >= 4 is 0 Å². The predicted octanol–water partition coefficient (Wildman–Crippen LogP) is 7.07. The molecule has 0 radical (unpaired) electrons. The van der Waals surface area contributed by atoms with E-state index in [-0.39, 0.29) is 17.8 Å². The summed E-state index contributed by atoms with van der Waals surface area (Å²) >= 11 is 0. The second kappa shape index (κ2) is 8.00. The third kappa shape index (κ3) is 4.29. The van der Waals surface area contributed by atoms with E-state index in [1.54, 1.807) is 18.2 Å². The predicted molar refractivity (Wildman–Crippen MR) is 105 cm³/mol. The number of rotatable bonds is 3. The highest BCUT2D eigenvalue weighted by molar-refractivity contribution is 5.40. The van der Waals surface area contributed by atoms with Crippen LogP contribution in [0.5, 0.6) is 5.75 Å². The van der Waals surface area contributed by atoms with Crippen molar-refractivity contribution < 1.29 is 22.3 Å². The van der Waals surface area contributed by atoms with Crippen LogP contribution < -0.4 is 4.74 Å². The van der Waals surface area contributed by atoms with Gasteiger partial charge >= 0.3 is 6.18 Å². The second-order valence-electron chi connectivity index (χ2n) is 8.35. The van der Waals surface area contributed by atoms with Crippen molar-refractivity contribution in [2.24, 2.45) is 5.92 Å². The van der Waals surface area contributed by atoms with Crippen LogP contribution in [-0.4, -0.2) is 6.10 Å². The van der Waals surface area contributed by atoms with Gasteiger partial charge in [0.1, 0.15) is 6.10 Å². The lowest BCUT2D eigenvalue weighted by atomic mass is 9.75. The lowest BCUT2D eigenvalue weighted by Gasteiger charge is -2.37. The molecule has 1 saturated carbocycles. The summed E-state index contributed by atoms with van der Waals surface area (Å²) < 4.78 is 58.8. The molecule has 1 nitrogen and oxygen atoms in total. The first-order valence-corrected chi connectivity index (χ1v) is 10.5. The molecule has 1 heterocycles. The molecule has 0 N–H and O–H groups in total. The SMILES string of the molecule is CCc1cc(F)c2c(c1)CCC(C1CCC(c3ccc(C(F)(F)F)cc3)CC1)O2. The van der Waals surface area contributed by atoms with Crippen molar-refractivity contribution in [3.8, 4) is 5.75 Å². The summed E-state index contributed by atoms with van der Waals surface area (Å²) in [5, 5.41) is 0. The van der Waals surface area contributed by atoms with Gasteiger partial charge in [-0.1, -0.05) is 25.1 Å². The molecule has 1 unspecified atom stereocenters. The van der Waals surface area contributed by atoms with Crippen molar-refractivity contribution in [3.63, 3.8) is 0 Å². The highest BCUT2D eigenvalue weighted by atomic mass is 19.4. The molecule has 4 rings (SSSR count). The van der Waals surface area contributed by atoms with Crippen LogP contribution in [0.15, 0.2) is 36.4 Å². The third-order valence-corrected chi connectivity index (χ3v) is 6.56. The number of alkyl halides is 3. The van der Waals surface area contributed by atoms with Crippen molar-refractivity contribution in [1.82, 2.24) is 0 Å². The van der Waals surface area contributed by atoms with Crippen molar-refractivity contribution in [2.45, 2.75) is 70.1 Å². The van der Waals surface area contributed by atoms with E-state index >= 15 is 0 Å². The van der Waals surface area contributed by atoms with E-state index in [1.807, 2.05) is 6.92 Å². The fourth-order valence-electron chi connectivity index (χ4n) is 4.84. The summed E-state index contributed by atoms with van der Waals surface area (Å²) in [4.78, 5) is 0. The molecular weight excluding hydrogens is 380 g/mol. The summed E-state index contributed by atoms with van der Waals surface area (Å²) in [6.07, 6.45) is 2.05. The summed E-state index contributed by atoms with van der Waals surface area (Å²) in [5.41, 5.74) is 2.35. The fraction of sp³-hybridized carbons (Fsp3) is 0.500. The summed E-state index contributed by atoms with van der Waals surface area (Å²) in [6, 6.07) is 9.20. The first-order valence-electron chi connectivity index (χ1n) is 10.5. The van der Waals surface area contributed by atoms with E-state index in [9.17, 15) is 17.6 Å². The molecule has 1 aliphatic carbocycles. The van der Waals surface area contributed by atoms with Crippen molar-refractivity contribution in [3.05, 3.63) is 64.5 Å². The van der Waals surface area contributed by atoms with Gasteiger partial charge < -0.3 is 4.74 Å². The molecular formula is C24H26F4O. The largest absolute Gasteiger partial charge is 0.487 e. The minimum Gasteiger partial charge on any atom is -0.487 e. The Morgan fingerprint density at radius 3 is 2.28 bits per heavy atom. The monoisotopic (exact) mass is 406 g/mol. The molecule has 1 atom stereocenters. The molecule has 5 heteroatoms. The average Bonchev–Trinajstić information content (AvgIpc) is 2.73. The maximum absolute atomic E-state index is 14.5. The van der Waals surface area contributed by atoms with Gasteiger partial charge in [0.15, 0.2) is 11.6 Å². The molecule has 0 bridgehead atoms. The van der Waals surface area contributed by atoms with Crippen LogP contribution in [0.25, 0.3) is 0 Å². The first kappa shape index (κ1) is 20.2. The van der Waals surface area contributed by atoms with Gasteiger partial charge in [0, 0.05) is 0 Å². The molecule has 29 heavy (non-hydrogen) atoms. The third-order valence-electron chi connectivity index (χ3n) is 6.56. The molecule has 2 aliphatic rings. The van der Waals surface area contributed by atoms with E-state index in [4.69, 9.17) is 4.74 Å². The maximum atomic E-state index is 14.5. The number of hydrogen-bond acceptors (Lipinski definition) is 1.